The van der Waals surface area contributed by atoms with Crippen molar-refractivity contribution in [3.8, 4) is 0 Å². The van der Waals surface area contributed by atoms with E-state index in [0.717, 1.165) is 11.3 Å². The molecule has 4 aliphatic heterocycles. The number of aliphatic hydroxyl groups is 1. The molecule has 1 aromatic heterocycles. The lowest BCUT2D eigenvalue weighted by atomic mass is 9.89. The molecular weight excluding hydrogens is 663 g/mol. The number of rotatable bonds is 11. The highest BCUT2D eigenvalue weighted by molar-refractivity contribution is 8.03. The molecule has 0 bridgehead atoms. The third-order valence-electron chi connectivity index (χ3n) is 7.35. The van der Waals surface area contributed by atoms with E-state index < -0.39 is 52.4 Å². The molecule has 3 unspecified atom stereocenters. The van der Waals surface area contributed by atoms with E-state index in [1.54, 1.807) is 24.2 Å². The summed E-state index contributed by atoms with van der Waals surface area (Å²) in [7, 11) is 0. The molecule has 4 atom stereocenters. The van der Waals surface area contributed by atoms with Crippen LogP contribution in [0, 0.1) is 5.41 Å². The first-order chi connectivity index (χ1) is 21.7. The lowest BCUT2D eigenvalue weighted by molar-refractivity contribution is -0.157. The molecule has 5 heterocycles. The Morgan fingerprint density at radius 3 is 2.76 bits per heavy atom. The number of carbonyl (C=O) groups excluding carboxylic acids is 3. The summed E-state index contributed by atoms with van der Waals surface area (Å²) in [4.78, 5) is 66.7. The minimum atomic E-state index is -1.54. The van der Waals surface area contributed by atoms with Crippen LogP contribution < -0.4 is 27.9 Å². The first-order valence-electron chi connectivity index (χ1n) is 13.7. The Kier molecular flexibility index (Phi) is 9.26. The zero-order valence-electron chi connectivity index (χ0n) is 25.1. The smallest absolute Gasteiger partial charge is 0.313 e. The number of hydrazine groups is 3. The SMILES string of the molecule is CC1=NC2=CN(C(C)O)NN2C(SCC2(C(=O)O)CS[C@@H]3C(NC(=O)C(=NOC(C)(C)C(=O)NN)c4csc(N)n4)C(=O)N3C2)=C1. The molecule has 248 valence electrons. The maximum atomic E-state index is 13.4. The first-order valence-corrected chi connectivity index (χ1v) is 16.7. The summed E-state index contributed by atoms with van der Waals surface area (Å²) in [6.07, 6.45) is 2.62. The zero-order valence-corrected chi connectivity index (χ0v) is 27.5. The van der Waals surface area contributed by atoms with E-state index in [0.29, 0.717) is 16.6 Å². The van der Waals surface area contributed by atoms with E-state index in [4.69, 9.17) is 16.4 Å². The van der Waals surface area contributed by atoms with Crippen molar-refractivity contribution >= 4 is 75.1 Å². The Bertz CT molecular complexity index is 1580. The van der Waals surface area contributed by atoms with Gasteiger partial charge in [0.25, 0.3) is 11.8 Å². The number of anilines is 1. The van der Waals surface area contributed by atoms with E-state index in [1.807, 2.05) is 12.3 Å². The highest BCUT2D eigenvalue weighted by atomic mass is 32.2. The average molecular weight is 696 g/mol. The van der Waals surface area contributed by atoms with Crippen LogP contribution in [0.15, 0.2) is 38.7 Å². The van der Waals surface area contributed by atoms with E-state index in [9.17, 15) is 29.4 Å². The van der Waals surface area contributed by atoms with Crippen LogP contribution in [-0.4, -0.2) is 107 Å². The van der Waals surface area contributed by atoms with Crippen molar-refractivity contribution < 1.29 is 34.2 Å². The second-order valence-corrected chi connectivity index (χ2v) is 14.3. The van der Waals surface area contributed by atoms with Gasteiger partial charge in [-0.1, -0.05) is 5.16 Å². The molecule has 2 fully saturated rings. The minimum absolute atomic E-state index is 0.0659. The van der Waals surface area contributed by atoms with E-state index in [1.165, 1.54) is 52.7 Å². The van der Waals surface area contributed by atoms with E-state index >= 15 is 0 Å². The molecule has 0 spiro atoms. The number of aliphatic hydroxyl groups excluding tert-OH is 1. The van der Waals surface area contributed by atoms with Crippen LogP contribution >= 0.6 is 34.9 Å². The molecule has 0 saturated carbocycles. The first kappa shape index (κ1) is 33.5. The standard InChI is InChI=1S/C25H33N11O7S3/c1-11-5-15(36-14(28-11)6-35(33-36)12(2)37)45-9-25(22(41)42)8-34-19(39)17(20(34)46-10-25)30-18(38)16(13-7-44-23(26)29-13)32-43-24(3,4)21(40)31-27/h5-7,12,17,20,33,37H,8-10,27H2,1-4H3,(H2,26,29)(H,30,38)(H,31,40)(H,41,42)/t12?,17?,20-,25?/m1/s1. The molecule has 2 saturated heterocycles. The lowest BCUT2D eigenvalue weighted by Gasteiger charge is -2.53. The third-order valence-corrected chi connectivity index (χ3v) is 10.9. The van der Waals surface area contributed by atoms with Crippen LogP contribution in [0.25, 0.3) is 0 Å². The fourth-order valence-electron chi connectivity index (χ4n) is 4.68. The number of carboxylic acids is 1. The number of nitrogen functional groups attached to an aromatic ring is 1. The molecular formula is C25H33N11O7S3. The van der Waals surface area contributed by atoms with Gasteiger partial charge in [0, 0.05) is 29.1 Å². The highest BCUT2D eigenvalue weighted by Crippen LogP contribution is 2.45. The van der Waals surface area contributed by atoms with Gasteiger partial charge in [0.1, 0.15) is 28.8 Å². The monoisotopic (exact) mass is 695 g/mol. The number of thioether (sulfide) groups is 2. The molecule has 1 aromatic rings. The third kappa shape index (κ3) is 6.37. The number of fused-ring (bicyclic) bond motifs is 2. The largest absolute Gasteiger partial charge is 0.481 e. The summed E-state index contributed by atoms with van der Waals surface area (Å²) in [6, 6.07) is -0.966. The minimum Gasteiger partial charge on any atom is -0.481 e. The van der Waals surface area contributed by atoms with Gasteiger partial charge in [-0.05, 0) is 33.8 Å². The van der Waals surface area contributed by atoms with Gasteiger partial charge in [-0.3, -0.25) is 29.6 Å². The van der Waals surface area contributed by atoms with Crippen LogP contribution in [0.3, 0.4) is 0 Å². The summed E-state index contributed by atoms with van der Waals surface area (Å²) in [5.41, 5.74) is 8.35. The van der Waals surface area contributed by atoms with Gasteiger partial charge in [-0.2, -0.15) is 0 Å². The van der Waals surface area contributed by atoms with Crippen molar-refractivity contribution in [1.29, 1.82) is 0 Å². The number of β-lactam (4-membered cyclic amide) rings is 1. The number of nitrogens with one attached hydrogen (secondary N) is 3. The number of oxime groups is 1. The van der Waals surface area contributed by atoms with Crippen molar-refractivity contribution in [2.24, 2.45) is 21.4 Å². The van der Waals surface area contributed by atoms with Gasteiger partial charge in [0.2, 0.25) is 11.5 Å². The molecule has 0 aliphatic carbocycles. The molecule has 46 heavy (non-hydrogen) atoms. The number of allylic oxidation sites excluding steroid dienone is 1. The quantitative estimate of drug-likeness (QED) is 0.0477. The number of carboxylic acid groups (broad SMARTS) is 1. The van der Waals surface area contributed by atoms with Crippen molar-refractivity contribution in [3.63, 3.8) is 0 Å². The lowest BCUT2D eigenvalue weighted by Crippen LogP contribution is -2.74. The number of hydrogen-bond donors (Lipinski definition) is 7. The highest BCUT2D eigenvalue weighted by Gasteiger charge is 2.58. The van der Waals surface area contributed by atoms with Gasteiger partial charge >= 0.3 is 5.97 Å². The predicted octanol–water partition coefficient (Wildman–Crippen LogP) is -1.09. The number of thiazole rings is 1. The second kappa shape index (κ2) is 12.7. The Morgan fingerprint density at radius 2 is 2.13 bits per heavy atom. The summed E-state index contributed by atoms with van der Waals surface area (Å²) < 4.78 is 0. The number of aliphatic carboxylic acids is 1. The van der Waals surface area contributed by atoms with Gasteiger partial charge in [0.15, 0.2) is 16.7 Å². The fourth-order valence-corrected chi connectivity index (χ4v) is 8.15. The number of nitrogens with zero attached hydrogens (tertiary/aromatic N) is 6. The molecule has 18 nitrogen and oxygen atoms in total. The van der Waals surface area contributed by atoms with Crippen LogP contribution in [0.2, 0.25) is 0 Å². The summed E-state index contributed by atoms with van der Waals surface area (Å²) in [6.45, 7) is 6.12. The molecule has 4 aliphatic rings. The van der Waals surface area contributed by atoms with Crippen molar-refractivity contribution in [2.45, 2.75) is 50.9 Å². The maximum Gasteiger partial charge on any atom is 0.313 e. The van der Waals surface area contributed by atoms with Crippen LogP contribution in [0.1, 0.15) is 33.4 Å². The summed E-state index contributed by atoms with van der Waals surface area (Å²) >= 11 is 3.59. The van der Waals surface area contributed by atoms with Crippen molar-refractivity contribution in [2.75, 3.05) is 23.8 Å². The summed E-state index contributed by atoms with van der Waals surface area (Å²) in [5, 5.41) is 31.7. The van der Waals surface area contributed by atoms with Gasteiger partial charge in [-0.25, -0.2) is 20.8 Å². The maximum absolute atomic E-state index is 13.4. The van der Waals surface area contributed by atoms with Crippen molar-refractivity contribution in [1.82, 2.24) is 36.2 Å². The number of nitrogens with two attached hydrogens (primary N) is 2. The van der Waals surface area contributed by atoms with Crippen LogP contribution in [0.5, 0.6) is 0 Å². The van der Waals surface area contributed by atoms with Gasteiger partial charge in [-0.15, -0.1) is 40.4 Å². The van der Waals surface area contributed by atoms with Gasteiger partial charge in [0.05, 0.1) is 11.2 Å². The topological polar surface area (TPSA) is 253 Å². The van der Waals surface area contributed by atoms with Crippen LogP contribution in [-0.2, 0) is 24.0 Å². The van der Waals surface area contributed by atoms with Crippen molar-refractivity contribution in [3.05, 3.63) is 34.2 Å². The van der Waals surface area contributed by atoms with E-state index in [-0.39, 0.29) is 34.6 Å². The number of carbonyl (C=O) groups is 4. The zero-order chi connectivity index (χ0) is 33.6. The Labute approximate surface area is 275 Å². The fraction of sp³-hybridized carbons (Fsp3) is 0.480. The Balaban J connectivity index is 1.26. The molecule has 9 N–H and O–H groups in total. The molecule has 0 radical (unpaired) electrons. The number of aromatic nitrogens is 1. The number of amides is 3. The normalized spacial score (nSPS) is 25.0. The molecule has 0 aromatic carbocycles. The van der Waals surface area contributed by atoms with Gasteiger partial charge < -0.3 is 31.0 Å². The molecule has 21 heteroatoms. The summed E-state index contributed by atoms with van der Waals surface area (Å²) in [5.74, 6) is 3.04. The van der Waals surface area contributed by atoms with Crippen LogP contribution in [0.4, 0.5) is 5.13 Å². The Hall–Kier alpha value is -3.89. The molecule has 3 amide bonds. The Morgan fingerprint density at radius 1 is 1.39 bits per heavy atom. The van der Waals surface area contributed by atoms with E-state index in [2.05, 4.69) is 26.0 Å². The predicted molar refractivity (Wildman–Crippen MR) is 171 cm³/mol. The molecule has 5 rings (SSSR count). The average Bonchev–Trinajstić information content (AvgIpc) is 3.64. The second-order valence-electron chi connectivity index (χ2n) is 11.3. The number of aliphatic imine (C=N–C) groups is 1. The number of hydrogen-bond acceptors (Lipinski definition) is 17.